The van der Waals surface area contributed by atoms with Crippen molar-refractivity contribution < 1.29 is 5.11 Å². The average Bonchev–Trinajstić information content (AvgIpc) is 2.40. The number of rotatable bonds is 4. The van der Waals surface area contributed by atoms with Crippen molar-refractivity contribution in [3.63, 3.8) is 0 Å². The Balaban J connectivity index is 1.95. The summed E-state index contributed by atoms with van der Waals surface area (Å²) in [7, 11) is 0. The monoisotopic (exact) mass is 235 g/mol. The van der Waals surface area contributed by atoms with Crippen LogP contribution in [0.2, 0.25) is 0 Å². The summed E-state index contributed by atoms with van der Waals surface area (Å²) in [6.45, 7) is 4.35. The van der Waals surface area contributed by atoms with E-state index in [4.69, 9.17) is 5.11 Å². The highest BCUT2D eigenvalue weighted by Crippen LogP contribution is 2.24. The van der Waals surface area contributed by atoms with Crippen molar-refractivity contribution in [3.8, 4) is 0 Å². The van der Waals surface area contributed by atoms with Crippen molar-refractivity contribution in [1.82, 2.24) is 9.97 Å². The Morgan fingerprint density at radius 2 is 2.12 bits per heavy atom. The smallest absolute Gasteiger partial charge is 0.147 e. The molecule has 1 saturated heterocycles. The first-order chi connectivity index (χ1) is 8.33. The maximum atomic E-state index is 9.05. The van der Waals surface area contributed by atoms with Gasteiger partial charge in [-0.3, -0.25) is 4.98 Å². The Bertz CT molecular complexity index is 348. The summed E-state index contributed by atoms with van der Waals surface area (Å²) in [5, 5.41) is 9.05. The molecule has 17 heavy (non-hydrogen) atoms. The van der Waals surface area contributed by atoms with Gasteiger partial charge in [0.2, 0.25) is 0 Å². The molecule has 0 radical (unpaired) electrons. The first-order valence-corrected chi connectivity index (χ1v) is 6.50. The third-order valence-electron chi connectivity index (χ3n) is 3.47. The average molecular weight is 235 g/mol. The number of nitrogens with zero attached hydrogens (tertiary/aromatic N) is 3. The van der Waals surface area contributed by atoms with Crippen LogP contribution in [0.5, 0.6) is 0 Å². The van der Waals surface area contributed by atoms with Gasteiger partial charge in [0.05, 0.1) is 24.7 Å². The molecular weight excluding hydrogens is 214 g/mol. The number of piperidine rings is 1. The van der Waals surface area contributed by atoms with Crippen LogP contribution in [0.3, 0.4) is 0 Å². The van der Waals surface area contributed by atoms with Crippen LogP contribution >= 0.6 is 0 Å². The molecule has 0 aromatic carbocycles. The molecule has 0 bridgehead atoms. The summed E-state index contributed by atoms with van der Waals surface area (Å²) < 4.78 is 0. The maximum Gasteiger partial charge on any atom is 0.147 e. The van der Waals surface area contributed by atoms with Gasteiger partial charge in [0.1, 0.15) is 5.82 Å². The van der Waals surface area contributed by atoms with Crippen molar-refractivity contribution in [1.29, 1.82) is 0 Å². The predicted octanol–water partition coefficient (Wildman–Crippen LogP) is 1.99. The SMILES string of the molecule is CCCC1CCN(c2cncc(CO)n2)CC1. The van der Waals surface area contributed by atoms with Crippen molar-refractivity contribution in [2.75, 3.05) is 18.0 Å². The lowest BCUT2D eigenvalue weighted by Crippen LogP contribution is -2.34. The summed E-state index contributed by atoms with van der Waals surface area (Å²) in [6, 6.07) is 0. The highest BCUT2D eigenvalue weighted by molar-refractivity contribution is 5.36. The van der Waals surface area contributed by atoms with Gasteiger partial charge in [0.25, 0.3) is 0 Å². The summed E-state index contributed by atoms with van der Waals surface area (Å²) in [6.07, 6.45) is 8.53. The molecule has 4 nitrogen and oxygen atoms in total. The summed E-state index contributed by atoms with van der Waals surface area (Å²) in [5.41, 5.74) is 0.651. The normalized spacial score (nSPS) is 17.4. The van der Waals surface area contributed by atoms with Crippen LogP contribution in [0.15, 0.2) is 12.4 Å². The second-order valence-electron chi connectivity index (χ2n) is 4.75. The van der Waals surface area contributed by atoms with E-state index in [-0.39, 0.29) is 6.61 Å². The van der Waals surface area contributed by atoms with E-state index in [0.29, 0.717) is 5.69 Å². The van der Waals surface area contributed by atoms with Crippen LogP contribution in [0.1, 0.15) is 38.3 Å². The number of aliphatic hydroxyl groups is 1. The van der Waals surface area contributed by atoms with E-state index in [0.717, 1.165) is 24.8 Å². The van der Waals surface area contributed by atoms with Crippen LogP contribution in [0.25, 0.3) is 0 Å². The van der Waals surface area contributed by atoms with E-state index in [1.165, 1.54) is 25.7 Å². The zero-order valence-electron chi connectivity index (χ0n) is 10.5. The highest BCUT2D eigenvalue weighted by Gasteiger charge is 2.19. The van der Waals surface area contributed by atoms with Gasteiger partial charge in [0.15, 0.2) is 0 Å². The van der Waals surface area contributed by atoms with Crippen LogP contribution < -0.4 is 4.90 Å². The Morgan fingerprint density at radius 3 is 2.76 bits per heavy atom. The van der Waals surface area contributed by atoms with Gasteiger partial charge < -0.3 is 10.0 Å². The molecule has 1 aromatic heterocycles. The quantitative estimate of drug-likeness (QED) is 0.867. The number of anilines is 1. The maximum absolute atomic E-state index is 9.05. The zero-order valence-corrected chi connectivity index (χ0v) is 10.5. The Labute approximate surface area is 103 Å². The molecule has 2 heterocycles. The standard InChI is InChI=1S/C13H21N3O/c1-2-3-11-4-6-16(7-5-11)13-9-14-8-12(10-17)15-13/h8-9,11,17H,2-7,10H2,1H3. The number of aromatic nitrogens is 2. The van der Waals surface area contributed by atoms with Crippen LogP contribution in [-0.4, -0.2) is 28.2 Å². The number of aliphatic hydroxyl groups excluding tert-OH is 1. The molecule has 0 aliphatic carbocycles. The lowest BCUT2D eigenvalue weighted by Gasteiger charge is -2.32. The molecule has 1 aromatic rings. The van der Waals surface area contributed by atoms with Crippen molar-refractivity contribution in [2.45, 2.75) is 39.2 Å². The molecule has 0 amide bonds. The van der Waals surface area contributed by atoms with Gasteiger partial charge in [-0.05, 0) is 18.8 Å². The van der Waals surface area contributed by atoms with Gasteiger partial charge in [-0.2, -0.15) is 0 Å². The first-order valence-electron chi connectivity index (χ1n) is 6.50. The van der Waals surface area contributed by atoms with Gasteiger partial charge >= 0.3 is 0 Å². The van der Waals surface area contributed by atoms with Gasteiger partial charge in [0, 0.05) is 13.1 Å². The molecule has 0 saturated carbocycles. The fourth-order valence-corrected chi connectivity index (χ4v) is 2.48. The van der Waals surface area contributed by atoms with Crippen LogP contribution in [-0.2, 0) is 6.61 Å². The number of hydrogen-bond acceptors (Lipinski definition) is 4. The molecule has 0 spiro atoms. The van der Waals surface area contributed by atoms with Crippen LogP contribution in [0, 0.1) is 5.92 Å². The second-order valence-corrected chi connectivity index (χ2v) is 4.75. The van der Waals surface area contributed by atoms with Crippen molar-refractivity contribution in [2.24, 2.45) is 5.92 Å². The minimum atomic E-state index is -0.0346. The molecule has 1 aliphatic heterocycles. The van der Waals surface area contributed by atoms with E-state index in [1.807, 2.05) is 0 Å². The summed E-state index contributed by atoms with van der Waals surface area (Å²) in [5.74, 6) is 1.79. The van der Waals surface area contributed by atoms with Crippen molar-refractivity contribution >= 4 is 5.82 Å². The van der Waals surface area contributed by atoms with Crippen molar-refractivity contribution in [3.05, 3.63) is 18.1 Å². The molecule has 1 fully saturated rings. The molecule has 4 heteroatoms. The summed E-state index contributed by atoms with van der Waals surface area (Å²) >= 11 is 0. The molecule has 94 valence electrons. The Hall–Kier alpha value is -1.16. The fraction of sp³-hybridized carbons (Fsp3) is 0.692. The third kappa shape index (κ3) is 3.16. The third-order valence-corrected chi connectivity index (χ3v) is 3.47. The van der Waals surface area contributed by atoms with E-state index in [1.54, 1.807) is 12.4 Å². The zero-order chi connectivity index (χ0) is 12.1. The van der Waals surface area contributed by atoms with Gasteiger partial charge in [-0.25, -0.2) is 4.98 Å². The predicted molar refractivity (Wildman–Crippen MR) is 67.8 cm³/mol. The molecule has 0 unspecified atom stereocenters. The molecule has 2 rings (SSSR count). The molecule has 0 atom stereocenters. The van der Waals surface area contributed by atoms with E-state index < -0.39 is 0 Å². The lowest BCUT2D eigenvalue weighted by molar-refractivity contribution is 0.276. The largest absolute Gasteiger partial charge is 0.390 e. The Morgan fingerprint density at radius 1 is 1.35 bits per heavy atom. The lowest BCUT2D eigenvalue weighted by atomic mass is 9.92. The minimum Gasteiger partial charge on any atom is -0.390 e. The Kier molecular flexibility index (Phi) is 4.31. The highest BCUT2D eigenvalue weighted by atomic mass is 16.3. The second kappa shape index (κ2) is 5.96. The molecular formula is C13H21N3O. The van der Waals surface area contributed by atoms with Crippen LogP contribution in [0.4, 0.5) is 5.82 Å². The molecule has 1 aliphatic rings. The minimum absolute atomic E-state index is 0.0346. The van der Waals surface area contributed by atoms with Gasteiger partial charge in [-0.15, -0.1) is 0 Å². The van der Waals surface area contributed by atoms with E-state index >= 15 is 0 Å². The molecule has 1 N–H and O–H groups in total. The van der Waals surface area contributed by atoms with Gasteiger partial charge in [-0.1, -0.05) is 19.8 Å². The fourth-order valence-electron chi connectivity index (χ4n) is 2.48. The summed E-state index contributed by atoms with van der Waals surface area (Å²) in [4.78, 5) is 10.8. The first kappa shape index (κ1) is 12.3. The topological polar surface area (TPSA) is 49.2 Å². The number of hydrogen-bond donors (Lipinski definition) is 1. The van der Waals surface area contributed by atoms with E-state index in [2.05, 4.69) is 21.8 Å². The van der Waals surface area contributed by atoms with E-state index in [9.17, 15) is 0 Å².